The summed E-state index contributed by atoms with van der Waals surface area (Å²) < 4.78 is 16.2. The molecule has 0 bridgehead atoms. The molecule has 204 valence electrons. The van der Waals surface area contributed by atoms with E-state index < -0.39 is 23.7 Å². The molecule has 3 aromatic rings. The van der Waals surface area contributed by atoms with Gasteiger partial charge in [0.05, 0.1) is 37.6 Å². The number of carbonyl (C=O) groups is 3. The van der Waals surface area contributed by atoms with Crippen LogP contribution in [0.2, 0.25) is 0 Å². The van der Waals surface area contributed by atoms with Crippen molar-refractivity contribution in [2.75, 3.05) is 25.2 Å². The zero-order valence-electron chi connectivity index (χ0n) is 22.2. The van der Waals surface area contributed by atoms with Crippen molar-refractivity contribution in [3.63, 3.8) is 0 Å². The predicted molar refractivity (Wildman–Crippen MR) is 147 cm³/mol. The van der Waals surface area contributed by atoms with Crippen LogP contribution in [0.4, 0.5) is 5.13 Å². The van der Waals surface area contributed by atoms with Gasteiger partial charge in [-0.1, -0.05) is 49.4 Å². The normalized spacial score (nSPS) is 16.4. The third-order valence-corrected chi connectivity index (χ3v) is 7.19. The number of carbonyl (C=O) groups excluding carboxylic acids is 3. The Morgan fingerprint density at radius 1 is 1.03 bits per heavy atom. The second-order valence-electron chi connectivity index (χ2n) is 8.87. The summed E-state index contributed by atoms with van der Waals surface area (Å²) in [5.41, 5.74) is 1.17. The Kier molecular flexibility index (Phi) is 8.65. The summed E-state index contributed by atoms with van der Waals surface area (Å²) in [4.78, 5) is 45.0. The van der Waals surface area contributed by atoms with Gasteiger partial charge in [0, 0.05) is 5.56 Å². The molecule has 1 amide bonds. The van der Waals surface area contributed by atoms with E-state index in [-0.39, 0.29) is 21.3 Å². The molecule has 1 aromatic heterocycles. The SMILES string of the molecule is CCCOc1ccc(C2/C(=C(\O)c3cccc(OCCC)c3)C(=O)C(=O)N2c2nc(C)c(C(=O)OC)s2)cc1. The largest absolute Gasteiger partial charge is 0.507 e. The number of ether oxygens (including phenoxy) is 3. The number of esters is 1. The Labute approximate surface area is 230 Å². The number of ketones is 1. The van der Waals surface area contributed by atoms with Gasteiger partial charge in [0.15, 0.2) is 5.13 Å². The van der Waals surface area contributed by atoms with Crippen molar-refractivity contribution < 1.29 is 33.7 Å². The molecule has 0 saturated carbocycles. The molecule has 4 rings (SSSR count). The van der Waals surface area contributed by atoms with Gasteiger partial charge < -0.3 is 19.3 Å². The Morgan fingerprint density at radius 2 is 1.69 bits per heavy atom. The standard InChI is InChI=1S/C29H30N2O7S/c1-5-14-37-20-12-10-18(11-13-20)23-22(24(32)19-8-7-9-21(16-19)38-15-6-2)25(33)27(34)31(23)29-30-17(3)26(39-29)28(35)36-4/h7-13,16,23,32H,5-6,14-15H2,1-4H3/b24-22+. The van der Waals surface area contributed by atoms with E-state index in [0.29, 0.717) is 41.5 Å². The molecule has 39 heavy (non-hydrogen) atoms. The number of aliphatic hydroxyl groups excluding tert-OH is 1. The summed E-state index contributed by atoms with van der Waals surface area (Å²) >= 11 is 0.947. The Hall–Kier alpha value is -4.18. The second-order valence-corrected chi connectivity index (χ2v) is 9.84. The summed E-state index contributed by atoms with van der Waals surface area (Å²) in [5.74, 6) is -1.49. The summed E-state index contributed by atoms with van der Waals surface area (Å²) in [6.45, 7) is 6.65. The quantitative estimate of drug-likeness (QED) is 0.154. The van der Waals surface area contributed by atoms with E-state index in [2.05, 4.69) is 4.98 Å². The van der Waals surface area contributed by atoms with Gasteiger partial charge in [-0.05, 0) is 49.6 Å². The Balaban J connectivity index is 1.86. The highest BCUT2D eigenvalue weighted by molar-refractivity contribution is 7.17. The van der Waals surface area contributed by atoms with E-state index in [0.717, 1.165) is 24.2 Å². The van der Waals surface area contributed by atoms with Gasteiger partial charge in [0.1, 0.15) is 22.1 Å². The number of thiazole rings is 1. The number of methoxy groups -OCH3 is 1. The maximum atomic E-state index is 13.5. The third-order valence-electron chi connectivity index (χ3n) is 6.06. The lowest BCUT2D eigenvalue weighted by molar-refractivity contribution is -0.132. The van der Waals surface area contributed by atoms with Crippen molar-refractivity contribution in [3.05, 3.63) is 75.8 Å². The van der Waals surface area contributed by atoms with Crippen LogP contribution in [0.5, 0.6) is 11.5 Å². The first-order valence-electron chi connectivity index (χ1n) is 12.6. The van der Waals surface area contributed by atoms with Gasteiger partial charge >= 0.3 is 11.9 Å². The number of rotatable bonds is 10. The van der Waals surface area contributed by atoms with E-state index >= 15 is 0 Å². The molecular weight excluding hydrogens is 520 g/mol. The zero-order chi connectivity index (χ0) is 28.1. The summed E-state index contributed by atoms with van der Waals surface area (Å²) in [5, 5.41) is 11.6. The number of nitrogens with zero attached hydrogens (tertiary/aromatic N) is 2. The van der Waals surface area contributed by atoms with Crippen LogP contribution in [0.3, 0.4) is 0 Å². The van der Waals surface area contributed by atoms with Crippen LogP contribution in [-0.2, 0) is 14.3 Å². The number of aromatic nitrogens is 1. The van der Waals surface area contributed by atoms with Crippen molar-refractivity contribution in [2.24, 2.45) is 0 Å². The molecule has 1 aliphatic rings. The van der Waals surface area contributed by atoms with E-state index in [1.54, 1.807) is 55.5 Å². The molecule has 1 fully saturated rings. The Morgan fingerprint density at radius 3 is 2.33 bits per heavy atom. The number of amides is 1. The van der Waals surface area contributed by atoms with Gasteiger partial charge in [-0.2, -0.15) is 0 Å². The molecule has 9 nitrogen and oxygen atoms in total. The minimum atomic E-state index is -0.999. The number of hydrogen-bond acceptors (Lipinski definition) is 9. The molecule has 1 N–H and O–H groups in total. The third kappa shape index (κ3) is 5.65. The lowest BCUT2D eigenvalue weighted by atomic mass is 9.95. The van der Waals surface area contributed by atoms with E-state index in [9.17, 15) is 19.5 Å². The highest BCUT2D eigenvalue weighted by Gasteiger charge is 2.48. The lowest BCUT2D eigenvalue weighted by Crippen LogP contribution is -2.29. The number of anilines is 1. The fourth-order valence-corrected chi connectivity index (χ4v) is 5.20. The predicted octanol–water partition coefficient (Wildman–Crippen LogP) is 5.44. The van der Waals surface area contributed by atoms with E-state index in [4.69, 9.17) is 14.2 Å². The smallest absolute Gasteiger partial charge is 0.350 e. The molecular formula is C29H30N2O7S. The molecule has 0 spiro atoms. The topological polar surface area (TPSA) is 115 Å². The van der Waals surface area contributed by atoms with Gasteiger partial charge in [-0.15, -0.1) is 0 Å². The van der Waals surface area contributed by atoms with Crippen LogP contribution in [0, 0.1) is 6.92 Å². The summed E-state index contributed by atoms with van der Waals surface area (Å²) in [6.07, 6.45) is 1.65. The van der Waals surface area contributed by atoms with Crippen LogP contribution in [-0.4, -0.2) is 48.1 Å². The number of aliphatic hydroxyl groups is 1. The van der Waals surface area contributed by atoms with Crippen molar-refractivity contribution in [1.82, 2.24) is 4.98 Å². The van der Waals surface area contributed by atoms with Gasteiger partial charge in [0.25, 0.3) is 5.78 Å². The molecule has 1 unspecified atom stereocenters. The van der Waals surface area contributed by atoms with Crippen LogP contribution in [0.15, 0.2) is 54.1 Å². The van der Waals surface area contributed by atoms with Crippen LogP contribution in [0.25, 0.3) is 5.76 Å². The molecule has 10 heteroatoms. The lowest BCUT2D eigenvalue weighted by Gasteiger charge is -2.23. The number of hydrogen-bond donors (Lipinski definition) is 1. The highest BCUT2D eigenvalue weighted by atomic mass is 32.1. The molecule has 1 aliphatic heterocycles. The maximum Gasteiger partial charge on any atom is 0.350 e. The molecule has 0 aliphatic carbocycles. The molecule has 1 saturated heterocycles. The summed E-state index contributed by atoms with van der Waals surface area (Å²) in [6, 6.07) is 12.7. The minimum Gasteiger partial charge on any atom is -0.507 e. The average Bonchev–Trinajstić information content (AvgIpc) is 3.46. The number of benzene rings is 2. The molecule has 2 aromatic carbocycles. The van der Waals surface area contributed by atoms with Crippen LogP contribution >= 0.6 is 11.3 Å². The fraction of sp³-hybridized carbons (Fsp3) is 0.310. The molecule has 1 atom stereocenters. The van der Waals surface area contributed by atoms with Gasteiger partial charge in [0.2, 0.25) is 0 Å². The van der Waals surface area contributed by atoms with Crippen LogP contribution < -0.4 is 14.4 Å². The Bertz CT molecular complexity index is 1410. The summed E-state index contributed by atoms with van der Waals surface area (Å²) in [7, 11) is 1.26. The van der Waals surface area contributed by atoms with Crippen molar-refractivity contribution >= 4 is 39.9 Å². The van der Waals surface area contributed by atoms with Crippen molar-refractivity contribution in [2.45, 2.75) is 39.7 Å². The maximum absolute atomic E-state index is 13.5. The van der Waals surface area contributed by atoms with Gasteiger partial charge in [-0.25, -0.2) is 9.78 Å². The number of aryl methyl sites for hydroxylation is 1. The fourth-order valence-electron chi connectivity index (χ4n) is 4.19. The van der Waals surface area contributed by atoms with Crippen LogP contribution in [0.1, 0.15) is 59.2 Å². The monoisotopic (exact) mass is 550 g/mol. The first-order valence-corrected chi connectivity index (χ1v) is 13.4. The zero-order valence-corrected chi connectivity index (χ0v) is 23.0. The van der Waals surface area contributed by atoms with Gasteiger partial charge in [-0.3, -0.25) is 14.5 Å². The second kappa shape index (κ2) is 12.1. The molecule has 2 heterocycles. The number of Topliss-reactive ketones (excluding diaryl/α,β-unsaturated/α-hetero) is 1. The van der Waals surface area contributed by atoms with Crippen molar-refractivity contribution in [3.8, 4) is 11.5 Å². The first kappa shape index (κ1) is 27.8. The first-order chi connectivity index (χ1) is 18.8. The average molecular weight is 551 g/mol. The minimum absolute atomic E-state index is 0.0951. The van der Waals surface area contributed by atoms with E-state index in [1.165, 1.54) is 12.0 Å². The molecule has 0 radical (unpaired) electrons. The highest BCUT2D eigenvalue weighted by Crippen LogP contribution is 2.44. The van der Waals surface area contributed by atoms with Crippen molar-refractivity contribution in [1.29, 1.82) is 0 Å². The van der Waals surface area contributed by atoms with E-state index in [1.807, 2.05) is 13.8 Å².